The van der Waals surface area contributed by atoms with E-state index in [1.807, 2.05) is 67.1 Å². The molecule has 2 heterocycles. The van der Waals surface area contributed by atoms with Crippen LogP contribution in [0.3, 0.4) is 0 Å². The van der Waals surface area contributed by atoms with Gasteiger partial charge in [0.25, 0.3) is 5.91 Å². The third kappa shape index (κ3) is 3.29. The molecule has 0 spiro atoms. The quantitative estimate of drug-likeness (QED) is 0.562. The second kappa shape index (κ2) is 7.68. The SMILES string of the molecule is CCc1c(C(=O)NCCn2c(C)nc3ccccc32)cnn1-c1ccccc1. The summed E-state index contributed by atoms with van der Waals surface area (Å²) in [7, 11) is 0. The third-order valence-corrected chi connectivity index (χ3v) is 4.92. The molecule has 0 saturated heterocycles. The number of nitrogens with zero attached hydrogens (tertiary/aromatic N) is 4. The van der Waals surface area contributed by atoms with E-state index in [1.165, 1.54) is 0 Å². The average Bonchev–Trinajstić information content (AvgIpc) is 3.29. The van der Waals surface area contributed by atoms with E-state index in [2.05, 4.69) is 26.0 Å². The number of carbonyl (C=O) groups is 1. The highest BCUT2D eigenvalue weighted by Gasteiger charge is 2.17. The zero-order valence-corrected chi connectivity index (χ0v) is 16.1. The number of carbonyl (C=O) groups excluding carboxylic acids is 1. The lowest BCUT2D eigenvalue weighted by Crippen LogP contribution is -2.28. The van der Waals surface area contributed by atoms with Gasteiger partial charge in [-0.1, -0.05) is 37.3 Å². The highest BCUT2D eigenvalue weighted by molar-refractivity contribution is 5.95. The summed E-state index contributed by atoms with van der Waals surface area (Å²) >= 11 is 0. The molecular formula is C22H23N5O. The Bertz CT molecular complexity index is 1110. The maximum absolute atomic E-state index is 12.8. The molecule has 142 valence electrons. The number of amides is 1. The Hall–Kier alpha value is -3.41. The van der Waals surface area contributed by atoms with E-state index < -0.39 is 0 Å². The summed E-state index contributed by atoms with van der Waals surface area (Å²) in [5.41, 5.74) is 4.55. The molecule has 4 aromatic rings. The molecule has 0 aliphatic rings. The maximum atomic E-state index is 12.8. The number of fused-ring (bicyclic) bond motifs is 1. The second-order valence-corrected chi connectivity index (χ2v) is 6.66. The van der Waals surface area contributed by atoms with Gasteiger partial charge in [-0.3, -0.25) is 4.79 Å². The van der Waals surface area contributed by atoms with Gasteiger partial charge in [-0.25, -0.2) is 9.67 Å². The largest absolute Gasteiger partial charge is 0.350 e. The molecule has 0 bridgehead atoms. The summed E-state index contributed by atoms with van der Waals surface area (Å²) in [6.45, 7) is 5.22. The molecule has 0 aliphatic heterocycles. The van der Waals surface area contributed by atoms with Crippen molar-refractivity contribution in [1.82, 2.24) is 24.6 Å². The fraction of sp³-hybridized carbons (Fsp3) is 0.227. The van der Waals surface area contributed by atoms with Crippen LogP contribution in [0.2, 0.25) is 0 Å². The molecule has 2 aromatic carbocycles. The van der Waals surface area contributed by atoms with Crippen molar-refractivity contribution in [2.24, 2.45) is 0 Å². The Morgan fingerprint density at radius 2 is 1.82 bits per heavy atom. The van der Waals surface area contributed by atoms with Crippen molar-refractivity contribution in [3.63, 3.8) is 0 Å². The first kappa shape index (κ1) is 18.0. The number of aryl methyl sites for hydroxylation is 1. The lowest BCUT2D eigenvalue weighted by atomic mass is 10.2. The Kier molecular flexibility index (Phi) is 4.93. The number of hydrogen-bond donors (Lipinski definition) is 1. The fourth-order valence-corrected chi connectivity index (χ4v) is 3.55. The van der Waals surface area contributed by atoms with Crippen molar-refractivity contribution in [3.05, 3.63) is 77.9 Å². The number of hydrogen-bond acceptors (Lipinski definition) is 3. The minimum atomic E-state index is -0.0962. The molecule has 1 amide bonds. The zero-order chi connectivity index (χ0) is 19.5. The lowest BCUT2D eigenvalue weighted by Gasteiger charge is -2.10. The van der Waals surface area contributed by atoms with E-state index in [-0.39, 0.29) is 5.91 Å². The van der Waals surface area contributed by atoms with Crippen molar-refractivity contribution in [3.8, 4) is 5.69 Å². The predicted octanol–water partition coefficient (Wildman–Crippen LogP) is 3.52. The normalized spacial score (nSPS) is 11.1. The Labute approximate surface area is 163 Å². The topological polar surface area (TPSA) is 64.7 Å². The monoisotopic (exact) mass is 373 g/mol. The molecule has 0 radical (unpaired) electrons. The lowest BCUT2D eigenvalue weighted by molar-refractivity contribution is 0.0951. The van der Waals surface area contributed by atoms with Gasteiger partial charge in [0, 0.05) is 13.1 Å². The van der Waals surface area contributed by atoms with Crippen LogP contribution in [-0.4, -0.2) is 31.8 Å². The molecular weight excluding hydrogens is 350 g/mol. The highest BCUT2D eigenvalue weighted by atomic mass is 16.1. The molecule has 0 aliphatic carbocycles. The molecule has 2 aromatic heterocycles. The van der Waals surface area contributed by atoms with Crippen LogP contribution < -0.4 is 5.32 Å². The van der Waals surface area contributed by atoms with Gasteiger partial charge in [0.1, 0.15) is 5.82 Å². The van der Waals surface area contributed by atoms with Crippen molar-refractivity contribution in [1.29, 1.82) is 0 Å². The van der Waals surface area contributed by atoms with E-state index in [0.717, 1.165) is 34.7 Å². The van der Waals surface area contributed by atoms with E-state index in [4.69, 9.17) is 0 Å². The van der Waals surface area contributed by atoms with Crippen LogP contribution in [0.15, 0.2) is 60.8 Å². The third-order valence-electron chi connectivity index (χ3n) is 4.92. The van der Waals surface area contributed by atoms with Crippen LogP contribution in [-0.2, 0) is 13.0 Å². The standard InChI is InChI=1S/C22H23N5O/c1-3-20-18(15-24-27(20)17-9-5-4-6-10-17)22(28)23-13-14-26-16(2)25-19-11-7-8-12-21(19)26/h4-12,15H,3,13-14H2,1-2H3,(H,23,28). The summed E-state index contributed by atoms with van der Waals surface area (Å²) < 4.78 is 3.96. The van der Waals surface area contributed by atoms with Gasteiger partial charge in [0.2, 0.25) is 0 Å². The summed E-state index contributed by atoms with van der Waals surface area (Å²) in [4.78, 5) is 17.3. The van der Waals surface area contributed by atoms with Gasteiger partial charge in [0.15, 0.2) is 0 Å². The van der Waals surface area contributed by atoms with Crippen molar-refractivity contribution in [2.45, 2.75) is 26.8 Å². The first-order chi connectivity index (χ1) is 13.7. The second-order valence-electron chi connectivity index (χ2n) is 6.66. The number of para-hydroxylation sites is 3. The minimum Gasteiger partial charge on any atom is -0.350 e. The van der Waals surface area contributed by atoms with E-state index >= 15 is 0 Å². The molecule has 0 saturated carbocycles. The van der Waals surface area contributed by atoms with E-state index in [1.54, 1.807) is 6.20 Å². The first-order valence-electron chi connectivity index (χ1n) is 9.51. The van der Waals surface area contributed by atoms with Gasteiger partial charge < -0.3 is 9.88 Å². The molecule has 28 heavy (non-hydrogen) atoms. The first-order valence-corrected chi connectivity index (χ1v) is 9.51. The van der Waals surface area contributed by atoms with Gasteiger partial charge in [0.05, 0.1) is 34.2 Å². The van der Waals surface area contributed by atoms with Crippen LogP contribution in [0.4, 0.5) is 0 Å². The van der Waals surface area contributed by atoms with E-state index in [9.17, 15) is 4.79 Å². The smallest absolute Gasteiger partial charge is 0.254 e. The van der Waals surface area contributed by atoms with Gasteiger partial charge in [-0.2, -0.15) is 5.10 Å². The summed E-state index contributed by atoms with van der Waals surface area (Å²) in [6, 6.07) is 17.9. The molecule has 6 heteroatoms. The Morgan fingerprint density at radius 3 is 2.61 bits per heavy atom. The Morgan fingerprint density at radius 1 is 1.07 bits per heavy atom. The molecule has 0 unspecified atom stereocenters. The summed E-state index contributed by atoms with van der Waals surface area (Å²) in [5, 5.41) is 7.46. The summed E-state index contributed by atoms with van der Waals surface area (Å²) in [5.74, 6) is 0.850. The minimum absolute atomic E-state index is 0.0962. The number of benzene rings is 2. The van der Waals surface area contributed by atoms with Gasteiger partial charge >= 0.3 is 0 Å². The zero-order valence-electron chi connectivity index (χ0n) is 16.1. The fourth-order valence-electron chi connectivity index (χ4n) is 3.55. The van der Waals surface area contributed by atoms with Crippen molar-refractivity contribution in [2.75, 3.05) is 6.54 Å². The molecule has 6 nitrogen and oxygen atoms in total. The molecule has 4 rings (SSSR count). The van der Waals surface area contributed by atoms with E-state index in [0.29, 0.717) is 18.7 Å². The maximum Gasteiger partial charge on any atom is 0.254 e. The number of rotatable bonds is 6. The average molecular weight is 373 g/mol. The molecule has 1 N–H and O–H groups in total. The predicted molar refractivity (Wildman–Crippen MR) is 110 cm³/mol. The van der Waals surface area contributed by atoms with Crippen molar-refractivity contribution >= 4 is 16.9 Å². The molecule has 0 fully saturated rings. The summed E-state index contributed by atoms with van der Waals surface area (Å²) in [6.07, 6.45) is 2.38. The van der Waals surface area contributed by atoms with Gasteiger partial charge in [-0.15, -0.1) is 0 Å². The number of nitrogens with one attached hydrogen (secondary N) is 1. The van der Waals surface area contributed by atoms with Crippen LogP contribution in [0.1, 0.15) is 28.8 Å². The van der Waals surface area contributed by atoms with Crippen LogP contribution in [0.25, 0.3) is 16.7 Å². The van der Waals surface area contributed by atoms with Crippen molar-refractivity contribution < 1.29 is 4.79 Å². The van der Waals surface area contributed by atoms with Crippen LogP contribution >= 0.6 is 0 Å². The Balaban J connectivity index is 1.48. The highest BCUT2D eigenvalue weighted by Crippen LogP contribution is 2.17. The number of imidazole rings is 1. The van der Waals surface area contributed by atoms with Crippen LogP contribution in [0, 0.1) is 6.92 Å². The van der Waals surface area contributed by atoms with Gasteiger partial charge in [-0.05, 0) is 37.6 Å². The van der Waals surface area contributed by atoms with Crippen LogP contribution in [0.5, 0.6) is 0 Å². The molecule has 0 atom stereocenters. The number of aromatic nitrogens is 4.